The molecular weight excluding hydrogens is 1150 g/mol. The van der Waals surface area contributed by atoms with Crippen LogP contribution in [0.4, 0.5) is 0 Å². The molecule has 4 saturated heterocycles. The second-order valence-electron chi connectivity index (χ2n) is 20.1. The number of ether oxygens (including phenoxy) is 11. The first-order valence-electron chi connectivity index (χ1n) is 25.1. The first-order valence-corrected chi connectivity index (χ1v) is 27.8. The molecule has 0 aliphatic carbocycles. The SMILES string of the molecule is CC1OC(CO)[C@@H](O)C(COC[C@@H]2OC(C)[C@@H](O)C(OS(=O)(=O)O)C2O)C1CO[C@@H]1OC(C(=O)O)=C(OC[C@H]2OC(CO)[C@@H](O)C(COC[C@@H]3OC(C)[C@@H](O)C(OS(=O)(=O)O)C3O)C2CO[C@@H]2OC(C(=O)O)=CC(O)C2O)C(O)C1O. The average Bonchev–Trinajstić information content (AvgIpc) is 3.42. The van der Waals surface area contributed by atoms with Crippen molar-refractivity contribution in [3.63, 3.8) is 0 Å². The number of carboxylic acid groups (broad SMARTS) is 2. The Morgan fingerprint density at radius 1 is 0.494 bits per heavy atom. The molecule has 16 N–H and O–H groups in total. The van der Waals surface area contributed by atoms with Gasteiger partial charge >= 0.3 is 32.7 Å². The maximum atomic E-state index is 12.8. The fraction of sp³-hybridized carbons (Fsp3) is 0.864. The molecule has 37 heteroatoms. The lowest BCUT2D eigenvalue weighted by Gasteiger charge is -2.46. The second-order valence-corrected chi connectivity index (χ2v) is 22.2. The van der Waals surface area contributed by atoms with Crippen molar-refractivity contribution in [2.24, 2.45) is 23.7 Å². The summed E-state index contributed by atoms with van der Waals surface area (Å²) < 4.78 is 136. The summed E-state index contributed by atoms with van der Waals surface area (Å²) in [6.07, 6.45) is -36.2. The highest BCUT2D eigenvalue weighted by Gasteiger charge is 2.52. The van der Waals surface area contributed by atoms with Crippen LogP contribution >= 0.6 is 0 Å². The molecule has 0 spiro atoms. The number of aliphatic carboxylic acids is 2. The zero-order valence-electron chi connectivity index (χ0n) is 43.2. The lowest BCUT2D eigenvalue weighted by molar-refractivity contribution is -0.257. The van der Waals surface area contributed by atoms with Gasteiger partial charge in [-0.3, -0.25) is 9.11 Å². The number of aliphatic hydroxyl groups is 12. The van der Waals surface area contributed by atoms with Gasteiger partial charge in [0.15, 0.2) is 5.76 Å². The third-order valence-corrected chi connectivity index (χ3v) is 15.6. The molecule has 6 aliphatic heterocycles. The van der Waals surface area contributed by atoms with Crippen LogP contribution in [0, 0.1) is 23.7 Å². The van der Waals surface area contributed by atoms with Gasteiger partial charge in [0.05, 0.1) is 89.5 Å². The minimum absolute atomic E-state index is 0.424. The molecule has 6 heterocycles. The number of rotatable bonds is 25. The summed E-state index contributed by atoms with van der Waals surface area (Å²) in [5.41, 5.74) is 0. The van der Waals surface area contributed by atoms with E-state index in [0.717, 1.165) is 0 Å². The molecule has 0 aromatic heterocycles. The first kappa shape index (κ1) is 66.9. The van der Waals surface area contributed by atoms with Crippen molar-refractivity contribution < 1.29 is 167 Å². The summed E-state index contributed by atoms with van der Waals surface area (Å²) in [6, 6.07) is 0. The fourth-order valence-electron chi connectivity index (χ4n) is 10.2. The highest BCUT2D eigenvalue weighted by atomic mass is 32.3. The Labute approximate surface area is 461 Å². The third kappa shape index (κ3) is 16.4. The van der Waals surface area contributed by atoms with E-state index >= 15 is 0 Å². The third-order valence-electron chi connectivity index (χ3n) is 14.7. The van der Waals surface area contributed by atoms with Gasteiger partial charge in [0.25, 0.3) is 0 Å². The van der Waals surface area contributed by atoms with E-state index in [-0.39, 0.29) is 0 Å². The van der Waals surface area contributed by atoms with E-state index in [1.165, 1.54) is 20.8 Å². The van der Waals surface area contributed by atoms with Crippen LogP contribution in [-0.2, 0) is 90.9 Å². The summed E-state index contributed by atoms with van der Waals surface area (Å²) in [6.45, 7) is -1.89. The van der Waals surface area contributed by atoms with Crippen molar-refractivity contribution in [2.75, 3.05) is 59.5 Å². The zero-order chi connectivity index (χ0) is 60.2. The fourth-order valence-corrected chi connectivity index (χ4v) is 11.2. The molecule has 0 aromatic carbocycles. The summed E-state index contributed by atoms with van der Waals surface area (Å²) in [5, 5.41) is 149. The number of carboxylic acids is 2. The maximum absolute atomic E-state index is 12.8. The average molecular weight is 1220 g/mol. The van der Waals surface area contributed by atoms with Crippen molar-refractivity contribution >= 4 is 32.7 Å². The molecule has 4 fully saturated rings. The van der Waals surface area contributed by atoms with E-state index in [1.807, 2.05) is 0 Å². The molecule has 0 aromatic rings. The number of hydrogen-bond acceptors (Lipinski definition) is 31. The van der Waals surface area contributed by atoms with Gasteiger partial charge in [0.1, 0.15) is 92.1 Å². The minimum Gasteiger partial charge on any atom is -0.488 e. The topological polar surface area (TPSA) is 546 Å². The molecule has 0 amide bonds. The van der Waals surface area contributed by atoms with Gasteiger partial charge in [0.2, 0.25) is 24.1 Å². The second kappa shape index (κ2) is 28.3. The van der Waals surface area contributed by atoms with Crippen LogP contribution in [-0.4, -0.2) is 303 Å². The van der Waals surface area contributed by atoms with Crippen molar-refractivity contribution in [1.82, 2.24) is 0 Å². The van der Waals surface area contributed by atoms with Gasteiger partial charge in [-0.2, -0.15) is 16.8 Å². The Hall–Kier alpha value is -3.24. The number of aliphatic hydroxyl groups excluding tert-OH is 12. The Bertz CT molecular complexity index is 2380. The van der Waals surface area contributed by atoms with Gasteiger partial charge in [-0.15, -0.1) is 0 Å². The minimum atomic E-state index is -5.22. The van der Waals surface area contributed by atoms with Gasteiger partial charge in [-0.05, 0) is 26.8 Å². The summed E-state index contributed by atoms with van der Waals surface area (Å²) in [5.74, 6) is -11.2. The predicted molar refractivity (Wildman–Crippen MR) is 252 cm³/mol. The summed E-state index contributed by atoms with van der Waals surface area (Å²) >= 11 is 0. The molecule has 0 bridgehead atoms. The van der Waals surface area contributed by atoms with E-state index in [0.29, 0.717) is 6.08 Å². The van der Waals surface area contributed by atoms with E-state index < -0.39 is 268 Å². The predicted octanol–water partition coefficient (Wildman–Crippen LogP) is -8.39. The van der Waals surface area contributed by atoms with E-state index in [1.54, 1.807) is 0 Å². The lowest BCUT2D eigenvalue weighted by Crippen LogP contribution is -2.59. The first-order chi connectivity index (χ1) is 37.9. The standard InChI is InChI=1S/C44H70O35S2/c1-14-17(19(30(50)23(5-45)72-14)7-67-11-26-33(53)37(78-80(61,62)63)28(48)15(2)73-26)9-70-44-36(56)35(55)39(40(77-44)42(59)60)69-13-25-18(10-71-43-32(52)21(47)4-22(76-43)41(57)58)20(31(51)24(6-46)75-25)8-68-12-27-34(54)38(79-81(64,65)66)29(49)16(3)74-27/h4,14-21,23-38,43-56H,5-13H2,1-3H3,(H,57,58)(H,59,60)(H,61,62,63)(H,64,65,66)/t14?,15?,16?,17?,18?,19?,20?,21?,23?,24?,25-,26+,27+,28-,29-,30+,31+,32?,33?,34?,35?,36?,37?,38?,43-,44-/m1/s1. The van der Waals surface area contributed by atoms with Crippen molar-refractivity contribution in [3.05, 3.63) is 23.4 Å². The zero-order valence-corrected chi connectivity index (χ0v) is 44.8. The quantitative estimate of drug-likeness (QED) is 0.0378. The molecular formula is C44H70O35S2. The van der Waals surface area contributed by atoms with E-state index in [2.05, 4.69) is 8.37 Å². The molecule has 17 unspecified atom stereocenters. The molecule has 26 atom stereocenters. The maximum Gasteiger partial charge on any atom is 0.397 e. The summed E-state index contributed by atoms with van der Waals surface area (Å²) in [4.78, 5) is 24.5. The number of hydrogen-bond donors (Lipinski definition) is 16. The molecule has 0 radical (unpaired) electrons. The Balaban J connectivity index is 1.19. The molecule has 468 valence electrons. The van der Waals surface area contributed by atoms with E-state index in [9.17, 15) is 107 Å². The summed E-state index contributed by atoms with van der Waals surface area (Å²) in [7, 11) is -10.4. The van der Waals surface area contributed by atoms with Gasteiger partial charge in [-0.1, -0.05) is 0 Å². The van der Waals surface area contributed by atoms with Crippen LogP contribution in [0.25, 0.3) is 0 Å². The Morgan fingerprint density at radius 3 is 1.42 bits per heavy atom. The van der Waals surface area contributed by atoms with Crippen molar-refractivity contribution in [1.29, 1.82) is 0 Å². The normalized spacial score (nSPS) is 42.6. The Morgan fingerprint density at radius 2 is 0.951 bits per heavy atom. The lowest BCUT2D eigenvalue weighted by atomic mass is 9.79. The van der Waals surface area contributed by atoms with Crippen LogP contribution in [0.3, 0.4) is 0 Å². The number of carbonyl (C=O) groups is 2. The van der Waals surface area contributed by atoms with Gasteiger partial charge < -0.3 is 124 Å². The smallest absolute Gasteiger partial charge is 0.397 e. The monoisotopic (exact) mass is 1220 g/mol. The van der Waals surface area contributed by atoms with Crippen LogP contribution < -0.4 is 0 Å². The Kier molecular flexibility index (Phi) is 23.4. The van der Waals surface area contributed by atoms with Crippen LogP contribution in [0.5, 0.6) is 0 Å². The highest BCUT2D eigenvalue weighted by molar-refractivity contribution is 7.81. The molecule has 6 rings (SSSR count). The molecule has 35 nitrogen and oxygen atoms in total. The van der Waals surface area contributed by atoms with Crippen molar-refractivity contribution in [2.45, 2.75) is 155 Å². The van der Waals surface area contributed by atoms with Crippen LogP contribution in [0.2, 0.25) is 0 Å². The van der Waals surface area contributed by atoms with Crippen LogP contribution in [0.15, 0.2) is 23.4 Å². The van der Waals surface area contributed by atoms with E-state index in [4.69, 9.17) is 52.1 Å². The largest absolute Gasteiger partial charge is 0.488 e. The molecule has 81 heavy (non-hydrogen) atoms. The van der Waals surface area contributed by atoms with Gasteiger partial charge in [-0.25, -0.2) is 18.0 Å². The highest BCUT2D eigenvalue weighted by Crippen LogP contribution is 2.38. The molecule has 0 saturated carbocycles. The molecule has 6 aliphatic rings. The van der Waals surface area contributed by atoms with Crippen LogP contribution in [0.1, 0.15) is 20.8 Å². The van der Waals surface area contributed by atoms with Gasteiger partial charge in [0, 0.05) is 23.7 Å². The van der Waals surface area contributed by atoms with Crippen molar-refractivity contribution in [3.8, 4) is 0 Å².